The Hall–Kier alpha value is -0.600. The summed E-state index contributed by atoms with van der Waals surface area (Å²) in [5.74, 6) is 1.36. The predicted octanol–water partition coefficient (Wildman–Crippen LogP) is 0.351. The van der Waals surface area contributed by atoms with Crippen LogP contribution in [0.5, 0.6) is 0 Å². The van der Waals surface area contributed by atoms with E-state index in [2.05, 4.69) is 14.8 Å². The molecule has 1 aromatic heterocycles. The lowest BCUT2D eigenvalue weighted by molar-refractivity contribution is 0.602. The molecule has 0 aromatic carbocycles. The van der Waals surface area contributed by atoms with Gasteiger partial charge >= 0.3 is 0 Å². The summed E-state index contributed by atoms with van der Waals surface area (Å²) in [5.41, 5.74) is 5.65. The number of nitrogens with zero attached hydrogens (tertiary/aromatic N) is 3. The molecule has 3 rings (SSSR count). The molecule has 0 bridgehead atoms. The molecule has 1 aliphatic heterocycles. The van der Waals surface area contributed by atoms with Crippen LogP contribution in [0.1, 0.15) is 31.1 Å². The molecule has 2 fully saturated rings. The van der Waals surface area contributed by atoms with Crippen molar-refractivity contribution in [3.63, 3.8) is 0 Å². The van der Waals surface area contributed by atoms with Gasteiger partial charge in [-0.1, -0.05) is 11.8 Å². The highest BCUT2D eigenvalue weighted by Gasteiger charge is 2.33. The normalized spacial score (nSPS) is 26.6. The molecule has 0 radical (unpaired) electrons. The van der Waals surface area contributed by atoms with Gasteiger partial charge in [0.2, 0.25) is 0 Å². The van der Waals surface area contributed by atoms with Crippen LogP contribution >= 0.6 is 11.8 Å². The number of rotatable bonds is 4. The van der Waals surface area contributed by atoms with Crippen LogP contribution in [0, 0.1) is 0 Å². The molecule has 0 spiro atoms. The molecule has 6 nitrogen and oxygen atoms in total. The van der Waals surface area contributed by atoms with Gasteiger partial charge < -0.3 is 10.3 Å². The first-order valence-electron chi connectivity index (χ1n) is 6.10. The van der Waals surface area contributed by atoms with E-state index in [0.29, 0.717) is 24.8 Å². The molecule has 2 N–H and O–H groups in total. The molecule has 18 heavy (non-hydrogen) atoms. The molecule has 1 unspecified atom stereocenters. The highest BCUT2D eigenvalue weighted by Crippen LogP contribution is 2.40. The standard InChI is InChI=1S/C10H16N4O2S2/c11-5-9-12-13-10(14(9)7-1-2-7)17-8-3-4-18(15,16)6-8/h7-8H,1-6,11H2. The van der Waals surface area contributed by atoms with Gasteiger partial charge in [0.05, 0.1) is 18.1 Å². The molecule has 0 amide bonds. The first-order valence-corrected chi connectivity index (χ1v) is 8.80. The maximum Gasteiger partial charge on any atom is 0.191 e. The first kappa shape index (κ1) is 12.4. The second kappa shape index (κ2) is 4.50. The molecule has 8 heteroatoms. The van der Waals surface area contributed by atoms with Gasteiger partial charge in [-0.2, -0.15) is 0 Å². The summed E-state index contributed by atoms with van der Waals surface area (Å²) in [6.07, 6.45) is 2.99. The van der Waals surface area contributed by atoms with Crippen molar-refractivity contribution in [2.24, 2.45) is 5.73 Å². The van der Waals surface area contributed by atoms with E-state index in [1.54, 1.807) is 0 Å². The fourth-order valence-electron chi connectivity index (χ4n) is 2.23. The van der Waals surface area contributed by atoms with Crippen LogP contribution in [0.2, 0.25) is 0 Å². The zero-order valence-electron chi connectivity index (χ0n) is 9.95. The van der Waals surface area contributed by atoms with Gasteiger partial charge in [0.1, 0.15) is 5.82 Å². The van der Waals surface area contributed by atoms with E-state index in [0.717, 1.165) is 23.8 Å². The van der Waals surface area contributed by atoms with Crippen molar-refractivity contribution in [1.29, 1.82) is 0 Å². The Morgan fingerprint density at radius 2 is 2.11 bits per heavy atom. The maximum absolute atomic E-state index is 11.4. The summed E-state index contributed by atoms with van der Waals surface area (Å²) in [5, 5.41) is 9.20. The number of nitrogens with two attached hydrogens (primary N) is 1. The van der Waals surface area contributed by atoms with Gasteiger partial charge in [-0.15, -0.1) is 10.2 Å². The number of hydrogen-bond acceptors (Lipinski definition) is 6. The topological polar surface area (TPSA) is 90.9 Å². The molecule has 1 aliphatic carbocycles. The number of hydrogen-bond donors (Lipinski definition) is 1. The smallest absolute Gasteiger partial charge is 0.191 e. The van der Waals surface area contributed by atoms with Gasteiger partial charge in [-0.3, -0.25) is 0 Å². The van der Waals surface area contributed by atoms with Gasteiger partial charge in [0.25, 0.3) is 0 Å². The van der Waals surface area contributed by atoms with Crippen LogP contribution < -0.4 is 5.73 Å². The van der Waals surface area contributed by atoms with E-state index in [1.807, 2.05) is 0 Å². The molecule has 1 atom stereocenters. The predicted molar refractivity (Wildman–Crippen MR) is 69.1 cm³/mol. The van der Waals surface area contributed by atoms with Crippen LogP contribution in [0.25, 0.3) is 0 Å². The second-order valence-corrected chi connectivity index (χ2v) is 8.34. The van der Waals surface area contributed by atoms with Crippen LogP contribution in [0.4, 0.5) is 0 Å². The minimum Gasteiger partial charge on any atom is -0.324 e. The van der Waals surface area contributed by atoms with Crippen LogP contribution in [-0.4, -0.2) is 39.9 Å². The highest BCUT2D eigenvalue weighted by atomic mass is 32.2. The average Bonchev–Trinajstić information content (AvgIpc) is 2.99. The Morgan fingerprint density at radius 3 is 2.67 bits per heavy atom. The number of sulfone groups is 1. The van der Waals surface area contributed by atoms with Crippen molar-refractivity contribution in [3.8, 4) is 0 Å². The lowest BCUT2D eigenvalue weighted by Crippen LogP contribution is -2.10. The quantitative estimate of drug-likeness (QED) is 0.859. The van der Waals surface area contributed by atoms with Gasteiger partial charge in [-0.05, 0) is 19.3 Å². The van der Waals surface area contributed by atoms with Crippen molar-refractivity contribution < 1.29 is 8.42 Å². The summed E-state index contributed by atoms with van der Waals surface area (Å²) in [6.45, 7) is 0.382. The molecule has 1 aromatic rings. The summed E-state index contributed by atoms with van der Waals surface area (Å²) in [7, 11) is -2.83. The molecular formula is C10H16N4O2S2. The van der Waals surface area contributed by atoms with E-state index < -0.39 is 9.84 Å². The van der Waals surface area contributed by atoms with E-state index >= 15 is 0 Å². The minimum atomic E-state index is -2.83. The molecular weight excluding hydrogens is 272 g/mol. The fourth-order valence-corrected chi connectivity index (χ4v) is 5.81. The van der Waals surface area contributed by atoms with Crippen molar-refractivity contribution in [1.82, 2.24) is 14.8 Å². The number of aromatic nitrogens is 3. The zero-order valence-corrected chi connectivity index (χ0v) is 11.6. The third-order valence-electron chi connectivity index (χ3n) is 3.29. The van der Waals surface area contributed by atoms with E-state index in [1.165, 1.54) is 11.8 Å². The summed E-state index contributed by atoms with van der Waals surface area (Å²) in [4.78, 5) is 0. The largest absolute Gasteiger partial charge is 0.324 e. The fraction of sp³-hybridized carbons (Fsp3) is 0.800. The third-order valence-corrected chi connectivity index (χ3v) is 6.50. The van der Waals surface area contributed by atoms with E-state index in [9.17, 15) is 8.42 Å². The Balaban J connectivity index is 1.79. The highest BCUT2D eigenvalue weighted by molar-refractivity contribution is 8.01. The molecule has 2 aliphatic rings. The van der Waals surface area contributed by atoms with Gasteiger partial charge in [0.15, 0.2) is 15.0 Å². The number of thioether (sulfide) groups is 1. The first-order chi connectivity index (χ1) is 8.59. The molecule has 2 heterocycles. The lowest BCUT2D eigenvalue weighted by atomic mass is 10.4. The monoisotopic (exact) mass is 288 g/mol. The van der Waals surface area contributed by atoms with Gasteiger partial charge in [0, 0.05) is 11.3 Å². The van der Waals surface area contributed by atoms with Crippen molar-refractivity contribution >= 4 is 21.6 Å². The van der Waals surface area contributed by atoms with Gasteiger partial charge in [-0.25, -0.2) is 8.42 Å². The molecule has 100 valence electrons. The van der Waals surface area contributed by atoms with Crippen molar-refractivity contribution in [2.45, 2.75) is 42.3 Å². The van der Waals surface area contributed by atoms with Crippen molar-refractivity contribution in [3.05, 3.63) is 5.82 Å². The minimum absolute atomic E-state index is 0.113. The maximum atomic E-state index is 11.4. The summed E-state index contributed by atoms with van der Waals surface area (Å²) >= 11 is 1.54. The molecule has 1 saturated heterocycles. The van der Waals surface area contributed by atoms with E-state index in [4.69, 9.17) is 5.73 Å². The Labute approximate surface area is 110 Å². The summed E-state index contributed by atoms with van der Waals surface area (Å²) in [6, 6.07) is 0.471. The van der Waals surface area contributed by atoms with E-state index in [-0.39, 0.29) is 11.0 Å². The van der Waals surface area contributed by atoms with Crippen LogP contribution in [0.3, 0.4) is 0 Å². The summed E-state index contributed by atoms with van der Waals surface area (Å²) < 4.78 is 25.0. The zero-order chi connectivity index (χ0) is 12.8. The average molecular weight is 288 g/mol. The van der Waals surface area contributed by atoms with Crippen molar-refractivity contribution in [2.75, 3.05) is 11.5 Å². The SMILES string of the molecule is NCc1nnc(SC2CCS(=O)(=O)C2)n1C1CC1. The van der Waals surface area contributed by atoms with Crippen LogP contribution in [-0.2, 0) is 16.4 Å². The lowest BCUT2D eigenvalue weighted by Gasteiger charge is -2.10. The second-order valence-electron chi connectivity index (χ2n) is 4.85. The Bertz CT molecular complexity index is 550. The Morgan fingerprint density at radius 1 is 1.33 bits per heavy atom. The Kier molecular flexibility index (Phi) is 3.11. The van der Waals surface area contributed by atoms with Crippen LogP contribution in [0.15, 0.2) is 5.16 Å². The molecule has 1 saturated carbocycles. The third kappa shape index (κ3) is 2.41.